The maximum atomic E-state index is 6.33. The van der Waals surface area contributed by atoms with E-state index < -0.39 is 0 Å². The standard InChI is InChI=1S/C34H19N3OS/c1-2-10-20(11-3-1)31-30-24-14-5-8-16-27(24)38-33(30)36-34(35-31)37-25-15-7-4-13-23(25)29-26(37)19-18-22-21-12-6-9-17-28(21)39-32(22)29/h1-19H. The van der Waals surface area contributed by atoms with Crippen molar-refractivity contribution in [3.8, 4) is 17.2 Å². The second kappa shape index (κ2) is 7.76. The molecule has 0 radical (unpaired) electrons. The predicted molar refractivity (Wildman–Crippen MR) is 162 cm³/mol. The van der Waals surface area contributed by atoms with Crippen LogP contribution in [0.5, 0.6) is 0 Å². The van der Waals surface area contributed by atoms with Gasteiger partial charge in [0.25, 0.3) is 0 Å². The molecule has 0 fully saturated rings. The molecule has 0 atom stereocenters. The summed E-state index contributed by atoms with van der Waals surface area (Å²) in [5.41, 5.74) is 5.47. The predicted octanol–water partition coefficient (Wildman–Crippen LogP) is 9.51. The third-order valence-corrected chi connectivity index (χ3v) is 8.86. The number of furan rings is 1. The van der Waals surface area contributed by atoms with Crippen molar-refractivity contribution in [2.24, 2.45) is 0 Å². The lowest BCUT2D eigenvalue weighted by molar-refractivity contribution is 0.651. The summed E-state index contributed by atoms with van der Waals surface area (Å²) < 4.78 is 11.1. The molecule has 0 aliphatic rings. The van der Waals surface area contributed by atoms with Crippen LogP contribution in [0.15, 0.2) is 120 Å². The Morgan fingerprint density at radius 3 is 2.21 bits per heavy atom. The van der Waals surface area contributed by atoms with Crippen LogP contribution in [0.1, 0.15) is 0 Å². The fraction of sp³-hybridized carbons (Fsp3) is 0. The van der Waals surface area contributed by atoms with Crippen LogP contribution < -0.4 is 0 Å². The summed E-state index contributed by atoms with van der Waals surface area (Å²) in [4.78, 5) is 10.3. The van der Waals surface area contributed by atoms with E-state index in [-0.39, 0.29) is 0 Å². The quantitative estimate of drug-likeness (QED) is 0.229. The van der Waals surface area contributed by atoms with Crippen LogP contribution >= 0.6 is 11.3 Å². The lowest BCUT2D eigenvalue weighted by Gasteiger charge is -2.09. The van der Waals surface area contributed by atoms with Gasteiger partial charge in [-0.3, -0.25) is 4.57 Å². The summed E-state index contributed by atoms with van der Waals surface area (Å²) in [6.45, 7) is 0. The van der Waals surface area contributed by atoms with Crippen LogP contribution in [0.25, 0.3) is 81.3 Å². The fourth-order valence-corrected chi connectivity index (χ4v) is 7.23. The Morgan fingerprint density at radius 1 is 0.564 bits per heavy atom. The minimum Gasteiger partial charge on any atom is -0.437 e. The monoisotopic (exact) mass is 517 g/mol. The van der Waals surface area contributed by atoms with Crippen molar-refractivity contribution in [2.45, 2.75) is 0 Å². The number of fused-ring (bicyclic) bond motifs is 10. The first-order valence-corrected chi connectivity index (χ1v) is 13.8. The van der Waals surface area contributed by atoms with E-state index in [9.17, 15) is 0 Å². The van der Waals surface area contributed by atoms with Gasteiger partial charge in [0.05, 0.1) is 22.1 Å². The molecule has 0 saturated heterocycles. The van der Waals surface area contributed by atoms with Gasteiger partial charge in [0.15, 0.2) is 0 Å². The molecule has 4 heterocycles. The van der Waals surface area contributed by atoms with Crippen LogP contribution in [-0.4, -0.2) is 14.5 Å². The Hall–Kier alpha value is -5.00. The minimum atomic E-state index is 0.592. The molecule has 0 spiro atoms. The van der Waals surface area contributed by atoms with Gasteiger partial charge in [0.2, 0.25) is 11.7 Å². The van der Waals surface area contributed by atoms with Gasteiger partial charge in [-0.05, 0) is 24.3 Å². The average Bonchev–Trinajstić information content (AvgIpc) is 3.66. The minimum absolute atomic E-state index is 0.592. The molecule has 0 aliphatic carbocycles. The fourth-order valence-electron chi connectivity index (χ4n) is 5.97. The number of nitrogens with zero attached hydrogens (tertiary/aromatic N) is 3. The highest BCUT2D eigenvalue weighted by Gasteiger charge is 2.22. The summed E-state index contributed by atoms with van der Waals surface area (Å²) in [5.74, 6) is 0.604. The van der Waals surface area contributed by atoms with Gasteiger partial charge in [-0.1, -0.05) is 91.0 Å². The van der Waals surface area contributed by atoms with Crippen molar-refractivity contribution in [3.63, 3.8) is 0 Å². The van der Waals surface area contributed by atoms with Crippen LogP contribution in [-0.2, 0) is 0 Å². The largest absolute Gasteiger partial charge is 0.437 e. The van der Waals surface area contributed by atoms with Crippen LogP contribution in [0.4, 0.5) is 0 Å². The van der Waals surface area contributed by atoms with Crippen LogP contribution in [0.2, 0.25) is 0 Å². The Bertz CT molecular complexity index is 2400. The number of thiophene rings is 1. The van der Waals surface area contributed by atoms with E-state index in [4.69, 9.17) is 14.4 Å². The van der Waals surface area contributed by atoms with Crippen molar-refractivity contribution in [1.29, 1.82) is 0 Å². The molecule has 0 saturated carbocycles. The zero-order valence-corrected chi connectivity index (χ0v) is 21.4. The number of hydrogen-bond donors (Lipinski definition) is 0. The molecule has 0 aliphatic heterocycles. The van der Waals surface area contributed by atoms with Gasteiger partial charge < -0.3 is 4.42 Å². The van der Waals surface area contributed by atoms with Crippen LogP contribution in [0.3, 0.4) is 0 Å². The molecule has 0 unspecified atom stereocenters. The molecular formula is C34H19N3OS. The number of benzene rings is 5. The number of hydrogen-bond acceptors (Lipinski definition) is 4. The molecule has 5 aromatic carbocycles. The summed E-state index contributed by atoms with van der Waals surface area (Å²) in [6.07, 6.45) is 0. The van der Waals surface area contributed by atoms with Gasteiger partial charge in [0.1, 0.15) is 5.58 Å². The molecule has 4 nitrogen and oxygen atoms in total. The molecule has 39 heavy (non-hydrogen) atoms. The molecule has 0 N–H and O–H groups in total. The SMILES string of the molecule is c1ccc(-c2nc(-n3c4ccccc4c4c5sc6ccccc6c5ccc43)nc3oc4ccccc4c23)cc1. The van der Waals surface area contributed by atoms with Gasteiger partial charge >= 0.3 is 0 Å². The van der Waals surface area contributed by atoms with E-state index in [1.54, 1.807) is 0 Å². The van der Waals surface area contributed by atoms with Crippen molar-refractivity contribution in [1.82, 2.24) is 14.5 Å². The molecule has 0 amide bonds. The zero-order valence-electron chi connectivity index (χ0n) is 20.6. The maximum Gasteiger partial charge on any atom is 0.238 e. The van der Waals surface area contributed by atoms with E-state index in [1.165, 1.54) is 30.9 Å². The summed E-state index contributed by atoms with van der Waals surface area (Å²) in [6, 6.07) is 40.0. The summed E-state index contributed by atoms with van der Waals surface area (Å²) in [7, 11) is 0. The normalized spacial score (nSPS) is 12.1. The lowest BCUT2D eigenvalue weighted by atomic mass is 10.1. The molecule has 9 aromatic rings. The van der Waals surface area contributed by atoms with Gasteiger partial charge in [-0.25, -0.2) is 4.98 Å². The Balaban J connectivity index is 1.45. The number of para-hydroxylation sites is 2. The van der Waals surface area contributed by atoms with Gasteiger partial charge in [-0.2, -0.15) is 4.98 Å². The van der Waals surface area contributed by atoms with Gasteiger partial charge in [0, 0.05) is 41.9 Å². The smallest absolute Gasteiger partial charge is 0.238 e. The Labute approximate surface area is 226 Å². The van der Waals surface area contributed by atoms with E-state index in [2.05, 4.69) is 83.4 Å². The Morgan fingerprint density at radius 2 is 1.31 bits per heavy atom. The highest BCUT2D eigenvalue weighted by molar-refractivity contribution is 7.26. The first-order chi connectivity index (χ1) is 19.3. The third kappa shape index (κ3) is 2.88. The van der Waals surface area contributed by atoms with Crippen LogP contribution in [0, 0.1) is 0 Å². The average molecular weight is 518 g/mol. The number of aromatic nitrogens is 3. The molecular weight excluding hydrogens is 498 g/mol. The molecule has 4 aromatic heterocycles. The van der Waals surface area contributed by atoms with Crippen molar-refractivity contribution < 1.29 is 4.42 Å². The highest BCUT2D eigenvalue weighted by atomic mass is 32.1. The van der Waals surface area contributed by atoms with E-state index in [1.807, 2.05) is 47.7 Å². The first kappa shape index (κ1) is 21.0. The van der Waals surface area contributed by atoms with Gasteiger partial charge in [-0.15, -0.1) is 11.3 Å². The molecule has 182 valence electrons. The first-order valence-electron chi connectivity index (χ1n) is 12.9. The molecule has 5 heteroatoms. The second-order valence-corrected chi connectivity index (χ2v) is 10.9. The summed E-state index contributed by atoms with van der Waals surface area (Å²) >= 11 is 1.85. The summed E-state index contributed by atoms with van der Waals surface area (Å²) in [5, 5.41) is 6.96. The second-order valence-electron chi connectivity index (χ2n) is 9.80. The van der Waals surface area contributed by atoms with E-state index >= 15 is 0 Å². The van der Waals surface area contributed by atoms with Crippen molar-refractivity contribution in [2.75, 3.05) is 0 Å². The molecule has 9 rings (SSSR count). The topological polar surface area (TPSA) is 43.9 Å². The zero-order chi connectivity index (χ0) is 25.5. The highest BCUT2D eigenvalue weighted by Crippen LogP contribution is 2.43. The van der Waals surface area contributed by atoms with E-state index in [0.29, 0.717) is 11.7 Å². The molecule has 0 bridgehead atoms. The maximum absolute atomic E-state index is 6.33. The Kier molecular flexibility index (Phi) is 4.18. The third-order valence-electron chi connectivity index (χ3n) is 7.65. The lowest BCUT2D eigenvalue weighted by Crippen LogP contribution is -2.02. The van der Waals surface area contributed by atoms with Crippen molar-refractivity contribution in [3.05, 3.63) is 115 Å². The number of rotatable bonds is 2. The van der Waals surface area contributed by atoms with E-state index in [0.717, 1.165) is 38.6 Å². The van der Waals surface area contributed by atoms with Crippen molar-refractivity contribution >= 4 is 75.4 Å².